The van der Waals surface area contributed by atoms with E-state index in [1.807, 2.05) is 17.6 Å². The summed E-state index contributed by atoms with van der Waals surface area (Å²) in [6.45, 7) is 0.953. The Bertz CT molecular complexity index is 842. The molecule has 1 unspecified atom stereocenters. The lowest BCUT2D eigenvalue weighted by Crippen LogP contribution is -2.35. The quantitative estimate of drug-likeness (QED) is 0.552. The van der Waals surface area contributed by atoms with Gasteiger partial charge in [-0.3, -0.25) is 0 Å². The summed E-state index contributed by atoms with van der Waals surface area (Å²) in [5, 5.41) is 0. The summed E-state index contributed by atoms with van der Waals surface area (Å²) in [5.74, 6) is 0. The number of fused-ring (bicyclic) bond motifs is 1. The van der Waals surface area contributed by atoms with E-state index in [9.17, 15) is 0 Å². The maximum Gasteiger partial charge on any atom is 0.0926 e. The molecule has 0 radical (unpaired) electrons. The Labute approximate surface area is 150 Å². The van der Waals surface area contributed by atoms with Gasteiger partial charge in [0.25, 0.3) is 0 Å². The number of nitrogen functional groups attached to an aromatic ring is 1. The Balaban J connectivity index is 1.82. The van der Waals surface area contributed by atoms with Crippen LogP contribution in [0.1, 0.15) is 22.2 Å². The number of aromatic nitrogens is 1. The second-order valence-electron chi connectivity index (χ2n) is 5.84. The molecule has 122 valence electrons. The zero-order valence-electron chi connectivity index (χ0n) is 13.5. The Morgan fingerprint density at radius 1 is 1.17 bits per heavy atom. The minimum atomic E-state index is 0.141. The summed E-state index contributed by atoms with van der Waals surface area (Å²) < 4.78 is 0. The van der Waals surface area contributed by atoms with Gasteiger partial charge in [-0.25, -0.2) is 4.98 Å². The number of benzene rings is 2. The van der Waals surface area contributed by atoms with Crippen LogP contribution in [0, 0.1) is 0 Å². The number of thiazole rings is 1. The SMILES string of the molecule is CSc1ccc(N2CCc3ncsc3C2c2ccccc2N)cc1. The number of anilines is 2. The molecule has 24 heavy (non-hydrogen) atoms. The predicted molar refractivity (Wildman–Crippen MR) is 104 cm³/mol. The third-order valence-electron chi connectivity index (χ3n) is 4.52. The third-order valence-corrected chi connectivity index (χ3v) is 6.18. The van der Waals surface area contributed by atoms with Crippen molar-refractivity contribution in [2.75, 3.05) is 23.4 Å². The van der Waals surface area contributed by atoms with Gasteiger partial charge in [-0.05, 0) is 36.6 Å². The van der Waals surface area contributed by atoms with Crippen molar-refractivity contribution in [3.63, 3.8) is 0 Å². The van der Waals surface area contributed by atoms with E-state index in [0.717, 1.165) is 24.2 Å². The molecule has 2 aromatic carbocycles. The second-order valence-corrected chi connectivity index (χ2v) is 7.60. The molecule has 1 aliphatic heterocycles. The van der Waals surface area contributed by atoms with Crippen molar-refractivity contribution in [1.82, 2.24) is 4.98 Å². The minimum absolute atomic E-state index is 0.141. The van der Waals surface area contributed by atoms with Gasteiger partial charge in [0.15, 0.2) is 0 Å². The molecule has 1 aromatic heterocycles. The van der Waals surface area contributed by atoms with Crippen LogP contribution >= 0.6 is 23.1 Å². The first kappa shape index (κ1) is 15.5. The van der Waals surface area contributed by atoms with E-state index in [2.05, 4.69) is 52.5 Å². The van der Waals surface area contributed by atoms with Gasteiger partial charge in [0, 0.05) is 34.8 Å². The zero-order valence-corrected chi connectivity index (χ0v) is 15.1. The fraction of sp³-hybridized carbons (Fsp3) is 0.211. The molecular weight excluding hydrogens is 334 g/mol. The fourth-order valence-electron chi connectivity index (χ4n) is 3.31. The number of nitrogens with two attached hydrogens (primary N) is 1. The number of hydrogen-bond donors (Lipinski definition) is 1. The average molecular weight is 354 g/mol. The molecule has 0 saturated carbocycles. The fourth-order valence-corrected chi connectivity index (χ4v) is 4.68. The highest BCUT2D eigenvalue weighted by Crippen LogP contribution is 2.41. The Hall–Kier alpha value is -1.98. The van der Waals surface area contributed by atoms with Crippen molar-refractivity contribution in [2.45, 2.75) is 17.4 Å². The number of hydrogen-bond acceptors (Lipinski definition) is 5. The number of rotatable bonds is 3. The van der Waals surface area contributed by atoms with E-state index in [4.69, 9.17) is 5.73 Å². The smallest absolute Gasteiger partial charge is 0.0926 e. The van der Waals surface area contributed by atoms with Crippen molar-refractivity contribution in [1.29, 1.82) is 0 Å². The van der Waals surface area contributed by atoms with Gasteiger partial charge >= 0.3 is 0 Å². The topological polar surface area (TPSA) is 42.2 Å². The van der Waals surface area contributed by atoms with Gasteiger partial charge in [-0.15, -0.1) is 23.1 Å². The molecule has 3 nitrogen and oxygen atoms in total. The van der Waals surface area contributed by atoms with Gasteiger partial charge in [-0.2, -0.15) is 0 Å². The van der Waals surface area contributed by atoms with Crippen LogP contribution in [0.5, 0.6) is 0 Å². The van der Waals surface area contributed by atoms with Crippen LogP contribution in [0.4, 0.5) is 11.4 Å². The third kappa shape index (κ3) is 2.68. The van der Waals surface area contributed by atoms with E-state index in [1.165, 1.54) is 21.2 Å². The molecular formula is C19H19N3S2. The van der Waals surface area contributed by atoms with Crippen LogP contribution in [-0.2, 0) is 6.42 Å². The van der Waals surface area contributed by atoms with Crippen molar-refractivity contribution < 1.29 is 0 Å². The lowest BCUT2D eigenvalue weighted by molar-refractivity contribution is 0.656. The molecule has 2 N–H and O–H groups in total. The summed E-state index contributed by atoms with van der Waals surface area (Å²) >= 11 is 3.50. The Kier molecular flexibility index (Phi) is 4.21. The number of nitrogens with zero attached hydrogens (tertiary/aromatic N) is 2. The van der Waals surface area contributed by atoms with E-state index < -0.39 is 0 Å². The van der Waals surface area contributed by atoms with Gasteiger partial charge < -0.3 is 10.6 Å². The first-order valence-electron chi connectivity index (χ1n) is 7.95. The molecule has 0 amide bonds. The molecule has 0 spiro atoms. The molecule has 2 heterocycles. The summed E-state index contributed by atoms with van der Waals surface area (Å²) in [6.07, 6.45) is 3.08. The van der Waals surface area contributed by atoms with Crippen LogP contribution < -0.4 is 10.6 Å². The lowest BCUT2D eigenvalue weighted by atomic mass is 9.95. The van der Waals surface area contributed by atoms with E-state index in [-0.39, 0.29) is 6.04 Å². The minimum Gasteiger partial charge on any atom is -0.398 e. The average Bonchev–Trinajstić information content (AvgIpc) is 3.10. The molecule has 4 rings (SSSR count). The van der Waals surface area contributed by atoms with Crippen LogP contribution in [0.3, 0.4) is 0 Å². The molecule has 0 saturated heterocycles. The molecule has 0 bridgehead atoms. The molecule has 3 aromatic rings. The summed E-state index contributed by atoms with van der Waals surface area (Å²) in [6, 6.07) is 17.1. The molecule has 1 atom stereocenters. The van der Waals surface area contributed by atoms with Crippen LogP contribution in [-0.4, -0.2) is 17.8 Å². The first-order valence-corrected chi connectivity index (χ1v) is 10.1. The Morgan fingerprint density at radius 3 is 2.71 bits per heavy atom. The number of para-hydroxylation sites is 1. The monoisotopic (exact) mass is 353 g/mol. The van der Waals surface area contributed by atoms with E-state index >= 15 is 0 Å². The van der Waals surface area contributed by atoms with E-state index in [0.29, 0.717) is 0 Å². The van der Waals surface area contributed by atoms with Gasteiger partial charge in [-0.1, -0.05) is 18.2 Å². The molecule has 5 heteroatoms. The maximum absolute atomic E-state index is 6.32. The highest BCUT2D eigenvalue weighted by atomic mass is 32.2. The lowest BCUT2D eigenvalue weighted by Gasteiger charge is -2.37. The first-order chi connectivity index (χ1) is 11.8. The highest BCUT2D eigenvalue weighted by Gasteiger charge is 2.32. The number of thioether (sulfide) groups is 1. The van der Waals surface area contributed by atoms with Crippen molar-refractivity contribution >= 4 is 34.5 Å². The van der Waals surface area contributed by atoms with Gasteiger partial charge in [0.05, 0.1) is 22.1 Å². The molecule has 0 aliphatic carbocycles. The largest absolute Gasteiger partial charge is 0.398 e. The van der Waals surface area contributed by atoms with Crippen molar-refractivity contribution in [3.05, 3.63) is 70.2 Å². The van der Waals surface area contributed by atoms with E-state index in [1.54, 1.807) is 23.1 Å². The van der Waals surface area contributed by atoms with Crippen LogP contribution in [0.15, 0.2) is 58.9 Å². The van der Waals surface area contributed by atoms with Crippen molar-refractivity contribution in [3.8, 4) is 0 Å². The Morgan fingerprint density at radius 2 is 1.96 bits per heavy atom. The van der Waals surface area contributed by atoms with Crippen LogP contribution in [0.25, 0.3) is 0 Å². The maximum atomic E-state index is 6.32. The second kappa shape index (κ2) is 6.49. The zero-order chi connectivity index (χ0) is 16.5. The highest BCUT2D eigenvalue weighted by molar-refractivity contribution is 7.98. The normalized spacial score (nSPS) is 16.9. The standard InChI is InChI=1S/C19H19N3S2/c1-23-14-8-6-13(7-9-14)22-11-10-17-19(24-12-21-17)18(22)15-4-2-3-5-16(15)20/h2-9,12,18H,10-11,20H2,1H3. The van der Waals surface area contributed by atoms with Crippen LogP contribution in [0.2, 0.25) is 0 Å². The summed E-state index contributed by atoms with van der Waals surface area (Å²) in [5.41, 5.74) is 12.7. The van der Waals surface area contributed by atoms with Gasteiger partial charge in [0.1, 0.15) is 0 Å². The van der Waals surface area contributed by atoms with Crippen molar-refractivity contribution in [2.24, 2.45) is 0 Å². The summed E-state index contributed by atoms with van der Waals surface area (Å²) in [7, 11) is 0. The summed E-state index contributed by atoms with van der Waals surface area (Å²) in [4.78, 5) is 9.62. The van der Waals surface area contributed by atoms with Gasteiger partial charge in [0.2, 0.25) is 0 Å². The molecule has 0 fully saturated rings. The molecule has 1 aliphatic rings. The predicted octanol–water partition coefficient (Wildman–Crippen LogP) is 4.60.